The first-order valence-electron chi connectivity index (χ1n) is 7.68. The summed E-state index contributed by atoms with van der Waals surface area (Å²) in [5.41, 5.74) is 4.20. The van der Waals surface area contributed by atoms with E-state index in [0.29, 0.717) is 12.0 Å². The molecule has 0 aliphatic carbocycles. The Kier molecular flexibility index (Phi) is 6.24. The van der Waals surface area contributed by atoms with Crippen LogP contribution in [-0.4, -0.2) is 6.54 Å². The van der Waals surface area contributed by atoms with Crippen LogP contribution in [0.15, 0.2) is 48.5 Å². The Hall–Kier alpha value is -0.870. The first-order valence-corrected chi connectivity index (χ1v) is 8.76. The first-order chi connectivity index (χ1) is 10.1. The molecule has 0 spiro atoms. The third-order valence-corrected chi connectivity index (χ3v) is 4.80. The predicted molar refractivity (Wildman–Crippen MR) is 99.8 cm³/mol. The summed E-state index contributed by atoms with van der Waals surface area (Å²) in [4.78, 5) is 0. The summed E-state index contributed by atoms with van der Waals surface area (Å²) in [5, 5.41) is 3.62. The fourth-order valence-electron chi connectivity index (χ4n) is 2.57. The van der Waals surface area contributed by atoms with Crippen molar-refractivity contribution in [3.8, 4) is 0 Å². The Bertz CT molecular complexity index is 560. The molecule has 1 nitrogen and oxygen atoms in total. The standard InChI is InChI=1S/C19H24IN/c1-4-21-19(17-7-5-6-8-18(17)20)13-15-9-11-16(12-10-15)14(2)3/h5-12,14,19,21H,4,13H2,1-3H3. The molecule has 1 unspecified atom stereocenters. The topological polar surface area (TPSA) is 12.0 Å². The van der Waals surface area contributed by atoms with Crippen LogP contribution >= 0.6 is 22.6 Å². The highest BCUT2D eigenvalue weighted by Gasteiger charge is 2.13. The van der Waals surface area contributed by atoms with E-state index >= 15 is 0 Å². The Morgan fingerprint density at radius 1 is 1.00 bits per heavy atom. The van der Waals surface area contributed by atoms with Gasteiger partial charge in [-0.15, -0.1) is 0 Å². The van der Waals surface area contributed by atoms with Gasteiger partial charge in [0.25, 0.3) is 0 Å². The van der Waals surface area contributed by atoms with Gasteiger partial charge in [-0.05, 0) is 64.2 Å². The van der Waals surface area contributed by atoms with Crippen molar-refractivity contribution in [3.05, 3.63) is 68.8 Å². The van der Waals surface area contributed by atoms with Crippen molar-refractivity contribution >= 4 is 22.6 Å². The molecule has 2 aromatic rings. The lowest BCUT2D eigenvalue weighted by Gasteiger charge is -2.20. The third kappa shape index (κ3) is 4.55. The van der Waals surface area contributed by atoms with Crippen LogP contribution in [0.3, 0.4) is 0 Å². The Balaban J connectivity index is 2.18. The molecule has 0 saturated carbocycles. The van der Waals surface area contributed by atoms with Crippen LogP contribution in [0.1, 0.15) is 49.4 Å². The average molecular weight is 393 g/mol. The highest BCUT2D eigenvalue weighted by atomic mass is 127. The molecule has 2 aromatic carbocycles. The molecule has 1 atom stereocenters. The first kappa shape index (κ1) is 16.5. The maximum Gasteiger partial charge on any atom is 0.0371 e. The second-order valence-electron chi connectivity index (χ2n) is 5.73. The molecule has 0 radical (unpaired) electrons. The van der Waals surface area contributed by atoms with Gasteiger partial charge in [0.05, 0.1) is 0 Å². The zero-order chi connectivity index (χ0) is 15.2. The number of hydrogen-bond donors (Lipinski definition) is 1. The van der Waals surface area contributed by atoms with E-state index in [4.69, 9.17) is 0 Å². The highest BCUT2D eigenvalue weighted by molar-refractivity contribution is 14.1. The van der Waals surface area contributed by atoms with Gasteiger partial charge in [0.1, 0.15) is 0 Å². The molecule has 0 saturated heterocycles. The molecule has 2 heteroatoms. The van der Waals surface area contributed by atoms with Gasteiger partial charge in [-0.2, -0.15) is 0 Å². The number of likely N-dealkylation sites (N-methyl/N-ethyl adjacent to an activating group) is 1. The number of hydrogen-bond acceptors (Lipinski definition) is 1. The zero-order valence-electron chi connectivity index (χ0n) is 13.1. The van der Waals surface area contributed by atoms with Gasteiger partial charge in [0.2, 0.25) is 0 Å². The predicted octanol–water partition coefficient (Wildman–Crippen LogP) is 5.31. The molecule has 1 N–H and O–H groups in total. The van der Waals surface area contributed by atoms with Gasteiger partial charge < -0.3 is 5.32 Å². The van der Waals surface area contributed by atoms with Crippen LogP contribution in [-0.2, 0) is 6.42 Å². The van der Waals surface area contributed by atoms with E-state index in [-0.39, 0.29) is 0 Å². The van der Waals surface area contributed by atoms with Crippen LogP contribution < -0.4 is 5.32 Å². The van der Waals surface area contributed by atoms with Gasteiger partial charge in [0.15, 0.2) is 0 Å². The second-order valence-corrected chi connectivity index (χ2v) is 6.89. The minimum atomic E-state index is 0.382. The van der Waals surface area contributed by atoms with Crippen LogP contribution in [0.2, 0.25) is 0 Å². The largest absolute Gasteiger partial charge is 0.310 e. The molecule has 2 rings (SSSR count). The lowest BCUT2D eigenvalue weighted by Crippen LogP contribution is -2.23. The average Bonchev–Trinajstić information content (AvgIpc) is 2.48. The van der Waals surface area contributed by atoms with E-state index in [9.17, 15) is 0 Å². The van der Waals surface area contributed by atoms with Crippen LogP contribution in [0.5, 0.6) is 0 Å². The fourth-order valence-corrected chi connectivity index (χ4v) is 3.33. The Morgan fingerprint density at radius 3 is 2.24 bits per heavy atom. The molecule has 112 valence electrons. The summed E-state index contributed by atoms with van der Waals surface area (Å²) in [7, 11) is 0. The van der Waals surface area contributed by atoms with Crippen molar-refractivity contribution in [3.63, 3.8) is 0 Å². The van der Waals surface area contributed by atoms with Gasteiger partial charge in [-0.3, -0.25) is 0 Å². The minimum absolute atomic E-state index is 0.382. The van der Waals surface area contributed by atoms with E-state index in [1.807, 2.05) is 0 Å². The molecule has 0 amide bonds. The number of halogens is 1. The summed E-state index contributed by atoms with van der Waals surface area (Å²) in [6.07, 6.45) is 1.03. The monoisotopic (exact) mass is 393 g/mol. The molecule has 0 aliphatic heterocycles. The third-order valence-electron chi connectivity index (χ3n) is 3.82. The molecule has 0 aliphatic rings. The highest BCUT2D eigenvalue weighted by Crippen LogP contribution is 2.24. The van der Waals surface area contributed by atoms with Crippen LogP contribution in [0, 0.1) is 3.57 Å². The summed E-state index contributed by atoms with van der Waals surface area (Å²) >= 11 is 2.43. The van der Waals surface area contributed by atoms with E-state index in [2.05, 4.69) is 97.2 Å². The van der Waals surface area contributed by atoms with Crippen molar-refractivity contribution in [2.75, 3.05) is 6.54 Å². The van der Waals surface area contributed by atoms with Crippen molar-refractivity contribution in [2.24, 2.45) is 0 Å². The smallest absolute Gasteiger partial charge is 0.0371 e. The quantitative estimate of drug-likeness (QED) is 0.656. The lowest BCUT2D eigenvalue weighted by molar-refractivity contribution is 0.547. The summed E-state index contributed by atoms with van der Waals surface area (Å²) in [6, 6.07) is 18.1. The maximum atomic E-state index is 3.62. The molecule has 0 fully saturated rings. The minimum Gasteiger partial charge on any atom is -0.310 e. The van der Waals surface area contributed by atoms with Crippen LogP contribution in [0.25, 0.3) is 0 Å². The van der Waals surface area contributed by atoms with Crippen molar-refractivity contribution in [1.29, 1.82) is 0 Å². The van der Waals surface area contributed by atoms with Crippen LogP contribution in [0.4, 0.5) is 0 Å². The molecule has 0 heterocycles. The van der Waals surface area contributed by atoms with E-state index in [0.717, 1.165) is 13.0 Å². The normalized spacial score (nSPS) is 12.6. The molecule has 0 bridgehead atoms. The number of rotatable bonds is 6. The second kappa shape index (κ2) is 7.95. The SMILES string of the molecule is CCNC(Cc1ccc(C(C)C)cc1)c1ccccc1I. The molecular formula is C19H24IN. The van der Waals surface area contributed by atoms with E-state index < -0.39 is 0 Å². The van der Waals surface area contributed by atoms with Gasteiger partial charge >= 0.3 is 0 Å². The Labute approximate surface area is 142 Å². The molecule has 0 aromatic heterocycles. The summed E-state index contributed by atoms with van der Waals surface area (Å²) < 4.78 is 1.33. The van der Waals surface area contributed by atoms with Crippen molar-refractivity contribution in [1.82, 2.24) is 5.32 Å². The van der Waals surface area contributed by atoms with E-state index in [1.165, 1.54) is 20.3 Å². The zero-order valence-corrected chi connectivity index (χ0v) is 15.2. The van der Waals surface area contributed by atoms with Gasteiger partial charge in [-0.25, -0.2) is 0 Å². The summed E-state index contributed by atoms with van der Waals surface area (Å²) in [5.74, 6) is 0.596. The van der Waals surface area contributed by atoms with Gasteiger partial charge in [0, 0.05) is 9.61 Å². The number of nitrogens with one attached hydrogen (secondary N) is 1. The van der Waals surface area contributed by atoms with Crippen molar-refractivity contribution < 1.29 is 0 Å². The number of benzene rings is 2. The Morgan fingerprint density at radius 2 is 1.67 bits per heavy atom. The van der Waals surface area contributed by atoms with Gasteiger partial charge in [-0.1, -0.05) is 63.2 Å². The molecule has 21 heavy (non-hydrogen) atoms. The maximum absolute atomic E-state index is 3.62. The lowest BCUT2D eigenvalue weighted by atomic mass is 9.96. The van der Waals surface area contributed by atoms with E-state index in [1.54, 1.807) is 0 Å². The summed E-state index contributed by atoms with van der Waals surface area (Å²) in [6.45, 7) is 7.63. The molecular weight excluding hydrogens is 369 g/mol. The van der Waals surface area contributed by atoms with Crippen molar-refractivity contribution in [2.45, 2.75) is 39.2 Å². The fraction of sp³-hybridized carbons (Fsp3) is 0.368.